The summed E-state index contributed by atoms with van der Waals surface area (Å²) >= 11 is 3.51. The molecule has 0 saturated heterocycles. The molecule has 0 heterocycles. The Morgan fingerprint density at radius 3 is 2.63 bits per heavy atom. The third kappa shape index (κ3) is 3.80. The summed E-state index contributed by atoms with van der Waals surface area (Å²) < 4.78 is 1.07. The van der Waals surface area contributed by atoms with Gasteiger partial charge in [0, 0.05) is 17.4 Å². The van der Waals surface area contributed by atoms with E-state index < -0.39 is 0 Å². The van der Waals surface area contributed by atoms with Gasteiger partial charge >= 0.3 is 0 Å². The fraction of sp³-hybridized carbons (Fsp3) is 0.533. The molecular formula is C15H21BrN2O. The minimum atomic E-state index is -0.134. The minimum absolute atomic E-state index is 0.114. The summed E-state index contributed by atoms with van der Waals surface area (Å²) in [6.45, 7) is 0.549. The highest BCUT2D eigenvalue weighted by Crippen LogP contribution is 2.28. The summed E-state index contributed by atoms with van der Waals surface area (Å²) in [6.07, 6.45) is 5.65. The second kappa shape index (κ2) is 6.53. The minimum Gasteiger partial charge on any atom is -0.349 e. The van der Waals surface area contributed by atoms with Crippen LogP contribution in [0.4, 0.5) is 0 Å². The Morgan fingerprint density at radius 1 is 1.32 bits per heavy atom. The lowest BCUT2D eigenvalue weighted by Gasteiger charge is -2.28. The van der Waals surface area contributed by atoms with E-state index in [4.69, 9.17) is 5.73 Å². The van der Waals surface area contributed by atoms with Crippen LogP contribution in [-0.2, 0) is 11.2 Å². The van der Waals surface area contributed by atoms with E-state index in [2.05, 4.69) is 21.2 Å². The Labute approximate surface area is 123 Å². The fourth-order valence-electron chi connectivity index (χ4n) is 2.74. The van der Waals surface area contributed by atoms with E-state index in [-0.39, 0.29) is 11.4 Å². The summed E-state index contributed by atoms with van der Waals surface area (Å²) in [5.41, 5.74) is 6.86. The molecule has 19 heavy (non-hydrogen) atoms. The van der Waals surface area contributed by atoms with Crippen molar-refractivity contribution in [1.29, 1.82) is 0 Å². The largest absolute Gasteiger partial charge is 0.349 e. The molecule has 0 aromatic heterocycles. The molecule has 1 saturated carbocycles. The standard InChI is InChI=1S/C15H21BrN2O/c16-13-6-2-1-5-12(13)7-8-14(19)18-15(11-17)9-3-4-10-15/h1-2,5-6H,3-4,7-11,17H2,(H,18,19). The van der Waals surface area contributed by atoms with Crippen LogP contribution in [0.15, 0.2) is 28.7 Å². The molecule has 0 bridgehead atoms. The molecule has 1 aromatic carbocycles. The molecule has 3 nitrogen and oxygen atoms in total. The molecule has 3 N–H and O–H groups in total. The van der Waals surface area contributed by atoms with Crippen LogP contribution in [0.3, 0.4) is 0 Å². The van der Waals surface area contributed by atoms with Gasteiger partial charge < -0.3 is 11.1 Å². The van der Waals surface area contributed by atoms with Crippen LogP contribution in [-0.4, -0.2) is 18.0 Å². The van der Waals surface area contributed by atoms with E-state index in [1.807, 2.05) is 24.3 Å². The molecule has 0 aliphatic heterocycles. The normalized spacial score (nSPS) is 17.4. The van der Waals surface area contributed by atoms with Crippen molar-refractivity contribution in [2.75, 3.05) is 6.54 Å². The number of amides is 1. The fourth-order valence-corrected chi connectivity index (χ4v) is 3.22. The third-order valence-electron chi connectivity index (χ3n) is 3.94. The van der Waals surface area contributed by atoms with Crippen LogP contribution in [0.5, 0.6) is 0 Å². The topological polar surface area (TPSA) is 55.1 Å². The van der Waals surface area contributed by atoms with E-state index in [0.29, 0.717) is 13.0 Å². The number of benzene rings is 1. The van der Waals surface area contributed by atoms with E-state index in [0.717, 1.165) is 23.7 Å². The monoisotopic (exact) mass is 324 g/mol. The zero-order valence-corrected chi connectivity index (χ0v) is 12.7. The summed E-state index contributed by atoms with van der Waals surface area (Å²) in [4.78, 5) is 12.1. The number of nitrogens with one attached hydrogen (secondary N) is 1. The lowest BCUT2D eigenvalue weighted by Crippen LogP contribution is -2.51. The number of hydrogen-bond donors (Lipinski definition) is 2. The number of carbonyl (C=O) groups excluding carboxylic acids is 1. The van der Waals surface area contributed by atoms with Gasteiger partial charge in [0.1, 0.15) is 0 Å². The third-order valence-corrected chi connectivity index (χ3v) is 4.71. The van der Waals surface area contributed by atoms with Gasteiger partial charge in [0.25, 0.3) is 0 Å². The molecule has 1 fully saturated rings. The first-order valence-corrected chi connectivity index (χ1v) is 7.69. The Balaban J connectivity index is 1.86. The first-order chi connectivity index (χ1) is 9.15. The van der Waals surface area contributed by atoms with Gasteiger partial charge in [-0.3, -0.25) is 4.79 Å². The highest BCUT2D eigenvalue weighted by molar-refractivity contribution is 9.10. The van der Waals surface area contributed by atoms with Crippen molar-refractivity contribution in [2.45, 2.75) is 44.1 Å². The van der Waals surface area contributed by atoms with Crippen LogP contribution < -0.4 is 11.1 Å². The molecule has 1 aliphatic rings. The van der Waals surface area contributed by atoms with Gasteiger partial charge in [0.05, 0.1) is 5.54 Å². The quantitative estimate of drug-likeness (QED) is 0.875. The number of aryl methyl sites for hydroxylation is 1. The van der Waals surface area contributed by atoms with Crippen molar-refractivity contribution < 1.29 is 4.79 Å². The molecule has 1 aromatic rings. The molecule has 0 spiro atoms. The van der Waals surface area contributed by atoms with E-state index in [9.17, 15) is 4.79 Å². The zero-order valence-electron chi connectivity index (χ0n) is 11.1. The summed E-state index contributed by atoms with van der Waals surface area (Å²) in [5.74, 6) is 0.114. The molecule has 4 heteroatoms. The lowest BCUT2D eigenvalue weighted by molar-refractivity contribution is -0.122. The van der Waals surface area contributed by atoms with Crippen LogP contribution in [0.25, 0.3) is 0 Å². The zero-order chi connectivity index (χ0) is 13.7. The van der Waals surface area contributed by atoms with Gasteiger partial charge in [-0.15, -0.1) is 0 Å². The second-order valence-electron chi connectivity index (χ2n) is 5.33. The van der Waals surface area contributed by atoms with Crippen molar-refractivity contribution in [3.63, 3.8) is 0 Å². The number of carbonyl (C=O) groups is 1. The lowest BCUT2D eigenvalue weighted by atomic mass is 9.97. The van der Waals surface area contributed by atoms with Gasteiger partial charge in [0.15, 0.2) is 0 Å². The van der Waals surface area contributed by atoms with Crippen LogP contribution in [0, 0.1) is 0 Å². The summed E-state index contributed by atoms with van der Waals surface area (Å²) in [6, 6.07) is 8.03. The van der Waals surface area contributed by atoms with Crippen LogP contribution in [0.1, 0.15) is 37.7 Å². The van der Waals surface area contributed by atoms with Crippen molar-refractivity contribution in [3.8, 4) is 0 Å². The Hall–Kier alpha value is -0.870. The molecular weight excluding hydrogens is 304 g/mol. The predicted molar refractivity (Wildman–Crippen MR) is 80.9 cm³/mol. The predicted octanol–water partition coefficient (Wildman–Crippen LogP) is 2.77. The Kier molecular flexibility index (Phi) is 4.99. The van der Waals surface area contributed by atoms with E-state index in [1.54, 1.807) is 0 Å². The molecule has 1 amide bonds. The van der Waals surface area contributed by atoms with Crippen molar-refractivity contribution in [1.82, 2.24) is 5.32 Å². The summed E-state index contributed by atoms with van der Waals surface area (Å²) in [7, 11) is 0. The number of hydrogen-bond acceptors (Lipinski definition) is 2. The highest BCUT2D eigenvalue weighted by Gasteiger charge is 2.33. The van der Waals surface area contributed by atoms with Crippen molar-refractivity contribution in [3.05, 3.63) is 34.3 Å². The number of halogens is 1. The van der Waals surface area contributed by atoms with Gasteiger partial charge in [0.2, 0.25) is 5.91 Å². The second-order valence-corrected chi connectivity index (χ2v) is 6.19. The molecule has 1 aliphatic carbocycles. The summed E-state index contributed by atoms with van der Waals surface area (Å²) in [5, 5.41) is 3.15. The number of nitrogens with two attached hydrogens (primary N) is 1. The maximum absolute atomic E-state index is 12.1. The maximum atomic E-state index is 12.1. The van der Waals surface area contributed by atoms with Gasteiger partial charge in [-0.25, -0.2) is 0 Å². The molecule has 104 valence electrons. The Morgan fingerprint density at radius 2 is 2.00 bits per heavy atom. The average Bonchev–Trinajstić information content (AvgIpc) is 2.87. The van der Waals surface area contributed by atoms with Crippen LogP contribution in [0.2, 0.25) is 0 Å². The highest BCUT2D eigenvalue weighted by atomic mass is 79.9. The smallest absolute Gasteiger partial charge is 0.220 e. The SMILES string of the molecule is NCC1(NC(=O)CCc2ccccc2Br)CCCC1. The molecule has 2 rings (SSSR count). The molecule has 0 atom stereocenters. The first kappa shape index (κ1) is 14.5. The van der Waals surface area contributed by atoms with E-state index >= 15 is 0 Å². The molecule has 0 radical (unpaired) electrons. The Bertz CT molecular complexity index is 442. The van der Waals surface area contributed by atoms with E-state index in [1.165, 1.54) is 18.4 Å². The number of rotatable bonds is 5. The van der Waals surface area contributed by atoms with Gasteiger partial charge in [-0.1, -0.05) is 47.0 Å². The average molecular weight is 325 g/mol. The molecule has 0 unspecified atom stereocenters. The van der Waals surface area contributed by atoms with Crippen molar-refractivity contribution >= 4 is 21.8 Å². The van der Waals surface area contributed by atoms with Gasteiger partial charge in [-0.2, -0.15) is 0 Å². The first-order valence-electron chi connectivity index (χ1n) is 6.90. The van der Waals surface area contributed by atoms with Crippen molar-refractivity contribution in [2.24, 2.45) is 5.73 Å². The maximum Gasteiger partial charge on any atom is 0.220 e. The van der Waals surface area contributed by atoms with Gasteiger partial charge in [-0.05, 0) is 30.9 Å². The van der Waals surface area contributed by atoms with Crippen LogP contribution >= 0.6 is 15.9 Å².